The van der Waals surface area contributed by atoms with Gasteiger partial charge in [0.15, 0.2) is 5.78 Å². The number of halogens is 1. The minimum atomic E-state index is -0.250. The number of carbonyl (C=O) groups is 3. The third-order valence-electron chi connectivity index (χ3n) is 11.8. The average Bonchev–Trinajstić information content (AvgIpc) is 3.76. The predicted molar refractivity (Wildman–Crippen MR) is 242 cm³/mol. The van der Waals surface area contributed by atoms with Gasteiger partial charge in [-0.1, -0.05) is 42.6 Å². The highest BCUT2D eigenvalue weighted by molar-refractivity contribution is 6.35. The number of para-hydroxylation sites is 1. The number of hydrogen-bond acceptors (Lipinski definition) is 11. The number of aliphatic imine (C=N–C) groups is 1. The van der Waals surface area contributed by atoms with Crippen LogP contribution < -0.4 is 19.7 Å². The number of aromatic amines is 1. The van der Waals surface area contributed by atoms with Crippen LogP contribution in [-0.2, 0) is 4.79 Å². The molecule has 2 saturated heterocycles. The van der Waals surface area contributed by atoms with Crippen LogP contribution in [0.5, 0.6) is 17.2 Å². The molecule has 0 saturated carbocycles. The van der Waals surface area contributed by atoms with Crippen LogP contribution in [0.4, 0.5) is 11.5 Å². The molecule has 3 aliphatic rings. The van der Waals surface area contributed by atoms with Crippen molar-refractivity contribution in [2.75, 3.05) is 69.8 Å². The highest BCUT2D eigenvalue weighted by Gasteiger charge is 2.27. The molecule has 0 unspecified atom stereocenters. The predicted octanol–water partition coefficient (Wildman–Crippen LogP) is 7.82. The molecular formula is C47H52ClN9O5. The van der Waals surface area contributed by atoms with Gasteiger partial charge in [0.05, 0.1) is 28.8 Å². The molecule has 2 aromatic heterocycles. The number of methoxy groups -OCH3 is 1. The van der Waals surface area contributed by atoms with Gasteiger partial charge in [0, 0.05) is 87.5 Å². The molecular weight excluding hydrogens is 806 g/mol. The summed E-state index contributed by atoms with van der Waals surface area (Å²) < 4.78 is 11.5. The fourth-order valence-corrected chi connectivity index (χ4v) is 8.56. The Kier molecular flexibility index (Phi) is 13.7. The topological polar surface area (TPSA) is 149 Å². The number of benzene rings is 3. The Balaban J connectivity index is 0.739. The highest BCUT2D eigenvalue weighted by Crippen LogP contribution is 2.33. The van der Waals surface area contributed by atoms with E-state index < -0.39 is 0 Å². The summed E-state index contributed by atoms with van der Waals surface area (Å²) in [6.07, 6.45) is 14.8. The van der Waals surface area contributed by atoms with Crippen molar-refractivity contribution in [2.45, 2.75) is 51.0 Å². The fourth-order valence-electron chi connectivity index (χ4n) is 8.30. The number of piperidine rings is 1. The molecule has 2 amide bonds. The summed E-state index contributed by atoms with van der Waals surface area (Å²) >= 11 is 6.62. The molecule has 3 aromatic carbocycles. The van der Waals surface area contributed by atoms with Crippen LogP contribution in [-0.4, -0.2) is 119 Å². The Hall–Kier alpha value is -6.25. The van der Waals surface area contributed by atoms with E-state index in [2.05, 4.69) is 30.2 Å². The SMILES string of the molecule is COc1ccc(C(=O)N2CCN(CCCCCCC(=O)N3CCC(Nc4ncnc5[nH]cc(C(=O)c6ccc(Oc7ccccc7)cc6Cl)c45)CC3)CC2)cc1N1C=CC=NC1. The lowest BCUT2D eigenvalue weighted by Crippen LogP contribution is -2.48. The van der Waals surface area contributed by atoms with Crippen molar-refractivity contribution in [3.8, 4) is 17.2 Å². The van der Waals surface area contributed by atoms with E-state index in [-0.39, 0.29) is 28.7 Å². The lowest BCUT2D eigenvalue weighted by molar-refractivity contribution is -0.132. The number of H-pyrrole nitrogens is 1. The van der Waals surface area contributed by atoms with Crippen LogP contribution >= 0.6 is 11.6 Å². The largest absolute Gasteiger partial charge is 0.495 e. The van der Waals surface area contributed by atoms with E-state index in [4.69, 9.17) is 21.1 Å². The van der Waals surface area contributed by atoms with Crippen molar-refractivity contribution in [3.05, 3.63) is 113 Å². The second-order valence-corrected chi connectivity index (χ2v) is 16.2. The van der Waals surface area contributed by atoms with Crippen LogP contribution in [0.15, 0.2) is 96.5 Å². The summed E-state index contributed by atoms with van der Waals surface area (Å²) in [5.41, 5.74) is 2.80. The molecule has 3 aliphatic heterocycles. The Morgan fingerprint density at radius 3 is 2.42 bits per heavy atom. The molecule has 15 heteroatoms. The third kappa shape index (κ3) is 10.1. The highest BCUT2D eigenvalue weighted by atomic mass is 35.5. The molecule has 0 aliphatic carbocycles. The fraction of sp³-hybridized carbons (Fsp3) is 0.362. The molecule has 8 rings (SSSR count). The molecule has 322 valence electrons. The first kappa shape index (κ1) is 42.4. The molecule has 2 N–H and O–H groups in total. The molecule has 0 bridgehead atoms. The first-order chi connectivity index (χ1) is 30.3. The van der Waals surface area contributed by atoms with Gasteiger partial charge in [-0.05, 0) is 80.8 Å². The third-order valence-corrected chi connectivity index (χ3v) is 12.1. The van der Waals surface area contributed by atoms with Crippen molar-refractivity contribution in [2.24, 2.45) is 4.99 Å². The van der Waals surface area contributed by atoms with E-state index in [0.717, 1.165) is 63.8 Å². The van der Waals surface area contributed by atoms with Gasteiger partial charge in [0.1, 0.15) is 41.7 Å². The van der Waals surface area contributed by atoms with Crippen LogP contribution in [0.3, 0.4) is 0 Å². The second-order valence-electron chi connectivity index (χ2n) is 15.8. The van der Waals surface area contributed by atoms with Gasteiger partial charge in [0.25, 0.3) is 5.91 Å². The molecule has 62 heavy (non-hydrogen) atoms. The van der Waals surface area contributed by atoms with Crippen LogP contribution in [0, 0.1) is 0 Å². The molecule has 0 spiro atoms. The van der Waals surface area contributed by atoms with E-state index in [9.17, 15) is 14.4 Å². The quantitative estimate of drug-likeness (QED) is 0.0744. The maximum absolute atomic E-state index is 13.8. The number of aromatic nitrogens is 3. The zero-order chi connectivity index (χ0) is 42.8. The van der Waals surface area contributed by atoms with Crippen molar-refractivity contribution >= 4 is 58.0 Å². The molecule has 0 atom stereocenters. The molecule has 5 aromatic rings. The van der Waals surface area contributed by atoms with Crippen LogP contribution in [0.2, 0.25) is 5.02 Å². The maximum atomic E-state index is 13.8. The van der Waals surface area contributed by atoms with E-state index in [0.29, 0.717) is 90.1 Å². The van der Waals surface area contributed by atoms with Crippen molar-refractivity contribution < 1.29 is 23.9 Å². The number of nitrogens with one attached hydrogen (secondary N) is 2. The number of amides is 2. The second kappa shape index (κ2) is 20.1. The van der Waals surface area contributed by atoms with E-state index in [1.165, 1.54) is 6.33 Å². The number of ether oxygens (including phenoxy) is 2. The number of rotatable bonds is 16. The molecule has 0 radical (unpaired) electrons. The Bertz CT molecular complexity index is 2420. The van der Waals surface area contributed by atoms with E-state index in [1.807, 2.05) is 75.5 Å². The summed E-state index contributed by atoms with van der Waals surface area (Å²) in [5.74, 6) is 2.47. The smallest absolute Gasteiger partial charge is 0.254 e. The van der Waals surface area contributed by atoms with Gasteiger partial charge in [-0.3, -0.25) is 24.3 Å². The van der Waals surface area contributed by atoms with Crippen LogP contribution in [0.25, 0.3) is 11.0 Å². The van der Waals surface area contributed by atoms with Crippen molar-refractivity contribution in [1.82, 2.24) is 29.7 Å². The summed E-state index contributed by atoms with van der Waals surface area (Å²) in [7, 11) is 1.63. The van der Waals surface area contributed by atoms with Gasteiger partial charge in [-0.15, -0.1) is 0 Å². The first-order valence-corrected chi connectivity index (χ1v) is 21.8. The minimum absolute atomic E-state index is 0.0366. The summed E-state index contributed by atoms with van der Waals surface area (Å²) in [6.45, 7) is 5.90. The molecule has 2 fully saturated rings. The number of nitrogens with zero attached hydrogens (tertiary/aromatic N) is 7. The number of fused-ring (bicyclic) bond motifs is 1. The van der Waals surface area contributed by atoms with E-state index in [1.54, 1.807) is 37.7 Å². The molecule has 14 nitrogen and oxygen atoms in total. The first-order valence-electron chi connectivity index (χ1n) is 21.4. The number of likely N-dealkylation sites (tertiary alicyclic amines) is 1. The lowest BCUT2D eigenvalue weighted by Gasteiger charge is -2.35. The number of hydrogen-bond donors (Lipinski definition) is 2. The number of piperazine rings is 1. The van der Waals surface area contributed by atoms with Crippen molar-refractivity contribution in [3.63, 3.8) is 0 Å². The maximum Gasteiger partial charge on any atom is 0.254 e. The minimum Gasteiger partial charge on any atom is -0.495 e. The Morgan fingerprint density at radius 2 is 1.66 bits per heavy atom. The summed E-state index contributed by atoms with van der Waals surface area (Å²) in [5, 5.41) is 4.43. The van der Waals surface area contributed by atoms with Crippen molar-refractivity contribution in [1.29, 1.82) is 0 Å². The Labute approximate surface area is 366 Å². The van der Waals surface area contributed by atoms with Gasteiger partial charge in [-0.25, -0.2) is 9.97 Å². The zero-order valence-corrected chi connectivity index (χ0v) is 35.7. The number of allylic oxidation sites excluding steroid dienone is 1. The van der Waals surface area contributed by atoms with Gasteiger partial charge >= 0.3 is 0 Å². The van der Waals surface area contributed by atoms with Gasteiger partial charge in [-0.2, -0.15) is 0 Å². The zero-order valence-electron chi connectivity index (χ0n) is 35.0. The van der Waals surface area contributed by atoms with E-state index >= 15 is 0 Å². The lowest BCUT2D eigenvalue weighted by atomic mass is 10.0. The Morgan fingerprint density at radius 1 is 0.855 bits per heavy atom. The number of anilines is 2. The number of unbranched alkanes of at least 4 members (excludes halogenated alkanes) is 3. The number of carbonyl (C=O) groups excluding carboxylic acids is 3. The van der Waals surface area contributed by atoms with Gasteiger partial charge < -0.3 is 34.5 Å². The average molecular weight is 858 g/mol. The normalized spacial score (nSPS) is 15.9. The van der Waals surface area contributed by atoms with Gasteiger partial charge in [0.2, 0.25) is 5.91 Å². The summed E-state index contributed by atoms with van der Waals surface area (Å²) in [4.78, 5) is 65.1. The number of ketones is 1. The van der Waals surface area contributed by atoms with Crippen LogP contribution in [0.1, 0.15) is 71.2 Å². The standard InChI is InChI=1S/C47H52ClN9O5/c1-61-41-16-13-33(28-40(41)57-21-9-19-49-32-57)47(60)56-26-24-54(25-27-56)20-8-3-2-7-12-42(58)55-22-17-34(18-23-55)53-46-43-38(30-50-45(43)51-31-52-46)44(59)37-15-14-36(29-39(37)48)62-35-10-5-4-6-11-35/h4-6,9-11,13-16,19,21,28-31,34H,2-3,7-8,12,17-18,20,22-27,32H2,1H3,(H2,50,51,52,53). The molecule has 5 heterocycles. The summed E-state index contributed by atoms with van der Waals surface area (Å²) in [6, 6.07) is 20.1. The monoisotopic (exact) mass is 857 g/mol.